The molecule has 3 aromatic rings. The molecule has 0 saturated carbocycles. The molecule has 2 aromatic heterocycles. The molecule has 0 radical (unpaired) electrons. The Morgan fingerprint density at radius 3 is 2.56 bits per heavy atom. The van der Waals surface area contributed by atoms with Crippen LogP contribution in [0.25, 0.3) is 10.9 Å². The number of carbonyl (C=O) groups excluding carboxylic acids is 2. The van der Waals surface area contributed by atoms with Gasteiger partial charge in [0, 0.05) is 23.9 Å². The zero-order chi connectivity index (χ0) is 28.6. The van der Waals surface area contributed by atoms with Gasteiger partial charge in [-0.2, -0.15) is 13.2 Å². The maximum atomic E-state index is 14.1. The van der Waals surface area contributed by atoms with Gasteiger partial charge in [0.05, 0.1) is 33.1 Å². The lowest BCUT2D eigenvalue weighted by molar-refractivity contribution is -0.0901. The molecule has 4 rings (SSSR count). The van der Waals surface area contributed by atoms with Crippen LogP contribution in [-0.4, -0.2) is 28.1 Å². The minimum absolute atomic E-state index is 0.0237. The third kappa shape index (κ3) is 5.88. The molecule has 0 unspecified atom stereocenters. The number of allylic oxidation sites excluding steroid dienone is 5. The topological polar surface area (TPSA) is 111 Å². The third-order valence-corrected chi connectivity index (χ3v) is 6.55. The molecule has 0 atom stereocenters. The fourth-order valence-electron chi connectivity index (χ4n) is 4.12. The number of hydrogen-bond donors (Lipinski definition) is 2. The molecular weight excluding hydrogens is 540 g/mol. The van der Waals surface area contributed by atoms with Gasteiger partial charge >= 0.3 is 6.18 Å². The number of hydrogen-bond acceptors (Lipinski definition) is 5. The second-order valence-corrected chi connectivity index (χ2v) is 9.69. The Morgan fingerprint density at radius 1 is 1.23 bits per heavy atom. The molecule has 7 nitrogen and oxygen atoms in total. The highest BCUT2D eigenvalue weighted by Crippen LogP contribution is 2.38. The van der Waals surface area contributed by atoms with Gasteiger partial charge < -0.3 is 15.6 Å². The molecule has 0 bridgehead atoms. The van der Waals surface area contributed by atoms with Gasteiger partial charge in [-0.25, -0.2) is 9.37 Å². The average Bonchev–Trinajstić information content (AvgIpc) is 3.33. The fraction of sp³-hybridized carbons (Fsp3) is 0.259. The number of fused-ring (bicyclic) bond motifs is 1. The van der Waals surface area contributed by atoms with E-state index in [9.17, 15) is 27.2 Å². The molecule has 0 spiro atoms. The van der Waals surface area contributed by atoms with Gasteiger partial charge in [0.2, 0.25) is 0 Å². The van der Waals surface area contributed by atoms with Crippen molar-refractivity contribution in [2.45, 2.75) is 45.7 Å². The molecule has 0 saturated heterocycles. The van der Waals surface area contributed by atoms with Crippen molar-refractivity contribution < 1.29 is 31.7 Å². The number of benzene rings is 1. The number of nitrogens with zero attached hydrogens (tertiary/aromatic N) is 2. The van der Waals surface area contributed by atoms with Gasteiger partial charge in [0.1, 0.15) is 17.3 Å². The highest BCUT2D eigenvalue weighted by molar-refractivity contribution is 6.31. The second kappa shape index (κ2) is 10.6. The number of pyridine rings is 1. The summed E-state index contributed by atoms with van der Waals surface area (Å²) in [5, 5.41) is 6.01. The smallest absolute Gasteiger partial charge is 0.364 e. The largest absolute Gasteiger partial charge is 0.418 e. The fourth-order valence-corrected chi connectivity index (χ4v) is 4.29. The van der Waals surface area contributed by atoms with E-state index in [1.54, 1.807) is 12.1 Å². The quantitative estimate of drug-likeness (QED) is 0.342. The summed E-state index contributed by atoms with van der Waals surface area (Å²) in [5.41, 5.74) is 4.58. The van der Waals surface area contributed by atoms with Crippen molar-refractivity contribution in [2.24, 2.45) is 5.73 Å². The number of primary amides is 1. The molecule has 2 amide bonds. The van der Waals surface area contributed by atoms with Crippen LogP contribution in [-0.2, 0) is 6.42 Å². The number of nitrogens with one attached hydrogen (secondary N) is 1. The molecule has 204 valence electrons. The molecule has 3 N–H and O–H groups in total. The van der Waals surface area contributed by atoms with Crippen LogP contribution >= 0.6 is 11.6 Å². The van der Waals surface area contributed by atoms with Crippen LogP contribution in [0.5, 0.6) is 0 Å². The van der Waals surface area contributed by atoms with Gasteiger partial charge in [-0.05, 0) is 42.5 Å². The summed E-state index contributed by atoms with van der Waals surface area (Å²) < 4.78 is 61.3. The van der Waals surface area contributed by atoms with Gasteiger partial charge in [0.15, 0.2) is 0 Å². The zero-order valence-corrected chi connectivity index (χ0v) is 21.8. The third-order valence-electron chi connectivity index (χ3n) is 6.26. The highest BCUT2D eigenvalue weighted by atomic mass is 35.5. The standard InChI is InChI=1S/C27H23ClF4N4O3/c1-12(2)21-8-15(39-36-21)6-4-14-5-7-18(27(30,31)32)24(13(14)3)35-26(38)17-10-23(25(33)37)34-22-11-20(29)19(28)9-16(17)22/h4,7-12H,5-6H2,1-3H3,(H2,33,37)(H,35,38)/b14-4-. The van der Waals surface area contributed by atoms with Crippen LogP contribution in [0.15, 0.2) is 63.4 Å². The number of alkyl halides is 3. The van der Waals surface area contributed by atoms with Crippen molar-refractivity contribution in [1.82, 2.24) is 15.5 Å². The maximum absolute atomic E-state index is 14.1. The van der Waals surface area contributed by atoms with E-state index in [2.05, 4.69) is 15.5 Å². The zero-order valence-electron chi connectivity index (χ0n) is 21.0. The molecule has 0 aliphatic heterocycles. The number of aromatic nitrogens is 2. The molecule has 1 aromatic carbocycles. The first kappa shape index (κ1) is 28.0. The van der Waals surface area contributed by atoms with Crippen LogP contribution in [0.3, 0.4) is 0 Å². The number of nitrogens with two attached hydrogens (primary N) is 1. The van der Waals surface area contributed by atoms with E-state index in [-0.39, 0.29) is 51.5 Å². The van der Waals surface area contributed by atoms with E-state index in [0.717, 1.165) is 30.0 Å². The van der Waals surface area contributed by atoms with E-state index in [1.807, 2.05) is 13.8 Å². The predicted octanol–water partition coefficient (Wildman–Crippen LogP) is 6.30. The summed E-state index contributed by atoms with van der Waals surface area (Å²) >= 11 is 5.87. The van der Waals surface area contributed by atoms with Crippen molar-refractivity contribution in [3.63, 3.8) is 0 Å². The van der Waals surface area contributed by atoms with E-state index in [1.165, 1.54) is 6.92 Å². The van der Waals surface area contributed by atoms with Crippen LogP contribution in [0.4, 0.5) is 17.6 Å². The maximum Gasteiger partial charge on any atom is 0.418 e. The van der Waals surface area contributed by atoms with E-state index < -0.39 is 35.1 Å². The second-order valence-electron chi connectivity index (χ2n) is 9.28. The molecule has 0 fully saturated rings. The normalized spacial score (nSPS) is 15.3. The van der Waals surface area contributed by atoms with Crippen molar-refractivity contribution in [3.05, 3.63) is 92.4 Å². The Balaban J connectivity index is 1.75. The Kier molecular flexibility index (Phi) is 7.65. The summed E-state index contributed by atoms with van der Waals surface area (Å²) in [6.45, 7) is 5.37. The number of halogens is 5. The Bertz CT molecular complexity index is 1590. The van der Waals surface area contributed by atoms with Crippen molar-refractivity contribution >= 4 is 34.3 Å². The van der Waals surface area contributed by atoms with Crippen LogP contribution in [0.2, 0.25) is 5.02 Å². The summed E-state index contributed by atoms with van der Waals surface area (Å²) in [6, 6.07) is 4.82. The van der Waals surface area contributed by atoms with Gasteiger partial charge in [0.25, 0.3) is 11.8 Å². The number of amides is 2. The molecule has 1 aliphatic carbocycles. The summed E-state index contributed by atoms with van der Waals surface area (Å²) in [7, 11) is 0. The first-order chi connectivity index (χ1) is 18.3. The first-order valence-electron chi connectivity index (χ1n) is 11.8. The number of rotatable bonds is 6. The minimum Gasteiger partial charge on any atom is -0.364 e. The molecule has 2 heterocycles. The number of carbonyl (C=O) groups is 2. The average molecular weight is 563 g/mol. The molecule has 12 heteroatoms. The molecular formula is C27H23ClF4N4O3. The lowest BCUT2D eigenvalue weighted by atomic mass is 9.90. The highest BCUT2D eigenvalue weighted by Gasteiger charge is 2.39. The Labute approximate surface area is 225 Å². The lowest BCUT2D eigenvalue weighted by Gasteiger charge is -2.25. The van der Waals surface area contributed by atoms with Crippen LogP contribution in [0, 0.1) is 5.82 Å². The van der Waals surface area contributed by atoms with Crippen LogP contribution in [0.1, 0.15) is 65.4 Å². The Morgan fingerprint density at radius 2 is 1.95 bits per heavy atom. The van der Waals surface area contributed by atoms with Gasteiger partial charge in [-0.15, -0.1) is 0 Å². The van der Waals surface area contributed by atoms with Crippen molar-refractivity contribution in [3.8, 4) is 0 Å². The minimum atomic E-state index is -4.77. The van der Waals surface area contributed by atoms with Crippen molar-refractivity contribution in [2.75, 3.05) is 0 Å². The Hall–Kier alpha value is -3.99. The van der Waals surface area contributed by atoms with Crippen molar-refractivity contribution in [1.29, 1.82) is 0 Å². The van der Waals surface area contributed by atoms with Gasteiger partial charge in [-0.3, -0.25) is 9.59 Å². The van der Waals surface area contributed by atoms with Crippen LogP contribution < -0.4 is 11.1 Å². The molecule has 39 heavy (non-hydrogen) atoms. The summed E-state index contributed by atoms with van der Waals surface area (Å²) in [4.78, 5) is 29.1. The monoisotopic (exact) mass is 562 g/mol. The summed E-state index contributed by atoms with van der Waals surface area (Å²) in [5.74, 6) is -2.17. The lowest BCUT2D eigenvalue weighted by Crippen LogP contribution is -2.31. The predicted molar refractivity (Wildman–Crippen MR) is 137 cm³/mol. The summed E-state index contributed by atoms with van der Waals surface area (Å²) in [6.07, 6.45) is -1.81. The molecule has 1 aliphatic rings. The van der Waals surface area contributed by atoms with Gasteiger partial charge in [-0.1, -0.05) is 42.8 Å². The van der Waals surface area contributed by atoms with E-state index in [0.29, 0.717) is 11.3 Å². The van der Waals surface area contributed by atoms with E-state index in [4.69, 9.17) is 21.9 Å². The van der Waals surface area contributed by atoms with E-state index >= 15 is 0 Å². The first-order valence-corrected chi connectivity index (χ1v) is 12.2. The SMILES string of the molecule is CC1=C(NC(=O)c2cc(C(N)=O)nc3cc(F)c(Cl)cc23)C(C(F)(F)F)=CC/C1=C/Cc1cc(C(C)C)no1.